The number of benzene rings is 1. The molecule has 1 aliphatic carbocycles. The van der Waals surface area contributed by atoms with Crippen molar-refractivity contribution in [2.45, 2.75) is 44.7 Å². The predicted octanol–water partition coefficient (Wildman–Crippen LogP) is 4.42. The number of nitrogens with zero attached hydrogens (tertiary/aromatic N) is 3. The lowest BCUT2D eigenvalue weighted by Gasteiger charge is -2.30. The summed E-state index contributed by atoms with van der Waals surface area (Å²) in [7, 11) is 3.94. The van der Waals surface area contributed by atoms with Gasteiger partial charge in [-0.3, -0.25) is 4.79 Å². The molecule has 1 amide bonds. The van der Waals surface area contributed by atoms with E-state index < -0.39 is 0 Å². The van der Waals surface area contributed by atoms with Crippen molar-refractivity contribution in [1.29, 1.82) is 0 Å². The summed E-state index contributed by atoms with van der Waals surface area (Å²) < 4.78 is 0.729. The number of nitrogens with one attached hydrogen (secondary N) is 2. The number of halogens is 2. The van der Waals surface area contributed by atoms with Gasteiger partial charge in [0.2, 0.25) is 0 Å². The topological polar surface area (TPSA) is 70.2 Å². The molecule has 3 rings (SSSR count). The standard InChI is InChI=1S/C20H25BrClN5O/c1-12-23-18(11-19(24-12)27(2)3)25-14-5-7-15(8-6-14)26-20(28)13-4-9-17(22)16(21)10-13/h4,9-11,14-15H,5-8H2,1-3H3,(H,26,28)(H,23,24,25)/t14-,15+. The van der Waals surface area contributed by atoms with Crippen molar-refractivity contribution in [1.82, 2.24) is 15.3 Å². The number of aryl methyl sites for hydroxylation is 1. The van der Waals surface area contributed by atoms with Crippen molar-refractivity contribution in [3.8, 4) is 0 Å². The molecule has 0 atom stereocenters. The normalized spacial score (nSPS) is 19.2. The summed E-state index contributed by atoms with van der Waals surface area (Å²) in [4.78, 5) is 23.4. The quantitative estimate of drug-likeness (QED) is 0.682. The van der Waals surface area contributed by atoms with E-state index in [9.17, 15) is 4.79 Å². The highest BCUT2D eigenvalue weighted by atomic mass is 79.9. The van der Waals surface area contributed by atoms with Crippen molar-refractivity contribution >= 4 is 45.1 Å². The van der Waals surface area contributed by atoms with E-state index in [0.717, 1.165) is 47.6 Å². The molecule has 8 heteroatoms. The fraction of sp³-hybridized carbons (Fsp3) is 0.450. The van der Waals surface area contributed by atoms with Crippen molar-refractivity contribution in [3.63, 3.8) is 0 Å². The van der Waals surface area contributed by atoms with E-state index in [1.54, 1.807) is 18.2 Å². The number of rotatable bonds is 5. The highest BCUT2D eigenvalue weighted by Crippen LogP contribution is 2.25. The Kier molecular flexibility index (Phi) is 6.78. The van der Waals surface area contributed by atoms with Gasteiger partial charge in [0.05, 0.1) is 5.02 Å². The largest absolute Gasteiger partial charge is 0.367 e. The van der Waals surface area contributed by atoms with Crippen LogP contribution in [0.1, 0.15) is 41.9 Å². The Morgan fingerprint density at radius 2 is 1.82 bits per heavy atom. The van der Waals surface area contributed by atoms with E-state index in [2.05, 4.69) is 36.5 Å². The molecule has 28 heavy (non-hydrogen) atoms. The van der Waals surface area contributed by atoms with Crippen LogP contribution in [0.4, 0.5) is 11.6 Å². The Balaban J connectivity index is 1.53. The fourth-order valence-electron chi connectivity index (χ4n) is 3.35. The Labute approximate surface area is 179 Å². The molecule has 2 aromatic rings. The number of amides is 1. The molecule has 1 heterocycles. The maximum absolute atomic E-state index is 12.5. The molecule has 1 aromatic heterocycles. The van der Waals surface area contributed by atoms with Crippen LogP contribution in [0.25, 0.3) is 0 Å². The molecular weight excluding hydrogens is 442 g/mol. The van der Waals surface area contributed by atoms with Gasteiger partial charge in [-0.2, -0.15) is 0 Å². The minimum atomic E-state index is -0.0594. The minimum Gasteiger partial charge on any atom is -0.367 e. The summed E-state index contributed by atoms with van der Waals surface area (Å²) in [6, 6.07) is 7.73. The number of carbonyl (C=O) groups is 1. The SMILES string of the molecule is Cc1nc(N[C@H]2CC[C@@H](NC(=O)c3ccc(Cl)c(Br)c3)CC2)cc(N(C)C)n1. The number of hydrogen-bond acceptors (Lipinski definition) is 5. The lowest BCUT2D eigenvalue weighted by molar-refractivity contribution is 0.0926. The second-order valence-electron chi connectivity index (χ2n) is 7.35. The fourth-order valence-corrected chi connectivity index (χ4v) is 3.85. The monoisotopic (exact) mass is 465 g/mol. The first kappa shape index (κ1) is 20.9. The molecule has 0 unspecified atom stereocenters. The van der Waals surface area contributed by atoms with Crippen LogP contribution in [0, 0.1) is 6.92 Å². The van der Waals surface area contributed by atoms with Crippen molar-refractivity contribution in [3.05, 3.63) is 45.1 Å². The number of aromatic nitrogens is 2. The summed E-state index contributed by atoms with van der Waals surface area (Å²) in [6.07, 6.45) is 3.83. The number of anilines is 2. The zero-order valence-electron chi connectivity index (χ0n) is 16.3. The molecule has 150 valence electrons. The smallest absolute Gasteiger partial charge is 0.251 e. The van der Waals surface area contributed by atoms with Crippen molar-refractivity contribution in [2.75, 3.05) is 24.3 Å². The van der Waals surface area contributed by atoms with Crippen LogP contribution in [0.2, 0.25) is 5.02 Å². The molecule has 0 bridgehead atoms. The van der Waals surface area contributed by atoms with E-state index in [1.807, 2.05) is 32.0 Å². The van der Waals surface area contributed by atoms with Gasteiger partial charge >= 0.3 is 0 Å². The molecule has 0 radical (unpaired) electrons. The highest BCUT2D eigenvalue weighted by molar-refractivity contribution is 9.10. The number of hydrogen-bond donors (Lipinski definition) is 2. The zero-order chi connectivity index (χ0) is 20.3. The van der Waals surface area contributed by atoms with Gasteiger partial charge in [0.1, 0.15) is 17.5 Å². The Morgan fingerprint density at radius 3 is 2.46 bits per heavy atom. The molecule has 0 aliphatic heterocycles. The second kappa shape index (κ2) is 9.09. The zero-order valence-corrected chi connectivity index (χ0v) is 18.6. The maximum Gasteiger partial charge on any atom is 0.251 e. The van der Waals surface area contributed by atoms with E-state index in [0.29, 0.717) is 16.6 Å². The van der Waals surface area contributed by atoms with Crippen LogP contribution >= 0.6 is 27.5 Å². The average molecular weight is 467 g/mol. The third-order valence-electron chi connectivity index (χ3n) is 4.88. The Hall–Kier alpha value is -1.86. The Bertz CT molecular complexity index is 852. The van der Waals surface area contributed by atoms with Crippen molar-refractivity contribution in [2.24, 2.45) is 0 Å². The maximum atomic E-state index is 12.5. The van der Waals surface area contributed by atoms with Crippen LogP contribution in [-0.2, 0) is 0 Å². The molecule has 2 N–H and O–H groups in total. The third-order valence-corrected chi connectivity index (χ3v) is 6.09. The van der Waals surface area contributed by atoms with Crippen LogP contribution in [0.15, 0.2) is 28.7 Å². The summed E-state index contributed by atoms with van der Waals surface area (Å²) >= 11 is 9.36. The molecule has 6 nitrogen and oxygen atoms in total. The summed E-state index contributed by atoms with van der Waals surface area (Å²) in [5, 5.41) is 7.26. The van der Waals surface area contributed by atoms with E-state index in [4.69, 9.17) is 11.6 Å². The average Bonchev–Trinajstić information content (AvgIpc) is 2.65. The highest BCUT2D eigenvalue weighted by Gasteiger charge is 2.23. The van der Waals surface area contributed by atoms with Gasteiger partial charge in [0.15, 0.2) is 0 Å². The first-order chi connectivity index (χ1) is 13.3. The first-order valence-electron chi connectivity index (χ1n) is 9.37. The lowest BCUT2D eigenvalue weighted by atomic mass is 9.91. The lowest BCUT2D eigenvalue weighted by Crippen LogP contribution is -2.40. The van der Waals surface area contributed by atoms with Gasteiger partial charge in [-0.05, 0) is 66.7 Å². The van der Waals surface area contributed by atoms with Gasteiger partial charge < -0.3 is 15.5 Å². The minimum absolute atomic E-state index is 0.0594. The molecule has 1 saturated carbocycles. The predicted molar refractivity (Wildman–Crippen MR) is 117 cm³/mol. The van der Waals surface area contributed by atoms with Gasteiger partial charge in [0, 0.05) is 42.3 Å². The van der Waals surface area contributed by atoms with Gasteiger partial charge in [0.25, 0.3) is 5.91 Å². The molecule has 1 aliphatic rings. The molecular formula is C20H25BrClN5O. The van der Waals surface area contributed by atoms with Crippen LogP contribution < -0.4 is 15.5 Å². The van der Waals surface area contributed by atoms with E-state index in [-0.39, 0.29) is 11.9 Å². The van der Waals surface area contributed by atoms with E-state index in [1.165, 1.54) is 0 Å². The van der Waals surface area contributed by atoms with Crippen molar-refractivity contribution < 1.29 is 4.79 Å². The molecule has 0 saturated heterocycles. The van der Waals surface area contributed by atoms with E-state index >= 15 is 0 Å². The summed E-state index contributed by atoms with van der Waals surface area (Å²) in [5.41, 5.74) is 0.615. The molecule has 0 spiro atoms. The summed E-state index contributed by atoms with van der Waals surface area (Å²) in [5.74, 6) is 2.44. The third kappa shape index (κ3) is 5.35. The first-order valence-corrected chi connectivity index (χ1v) is 10.5. The second-order valence-corrected chi connectivity index (χ2v) is 8.61. The van der Waals surface area contributed by atoms with Gasteiger partial charge in [-0.1, -0.05) is 11.6 Å². The van der Waals surface area contributed by atoms with Gasteiger partial charge in [-0.15, -0.1) is 0 Å². The Morgan fingerprint density at radius 1 is 1.14 bits per heavy atom. The van der Waals surface area contributed by atoms with Gasteiger partial charge in [-0.25, -0.2) is 9.97 Å². The molecule has 1 aromatic carbocycles. The van der Waals surface area contributed by atoms with Crippen LogP contribution in [-0.4, -0.2) is 42.1 Å². The summed E-state index contributed by atoms with van der Waals surface area (Å²) in [6.45, 7) is 1.90. The van der Waals surface area contributed by atoms with Crippen LogP contribution in [0.3, 0.4) is 0 Å². The van der Waals surface area contributed by atoms with Crippen LogP contribution in [0.5, 0.6) is 0 Å². The molecule has 1 fully saturated rings. The number of carbonyl (C=O) groups excluding carboxylic acids is 1.